The maximum atomic E-state index is 12.0. The molecule has 0 unspecified atom stereocenters. The van der Waals surface area contributed by atoms with Crippen molar-refractivity contribution >= 4 is 5.91 Å². The SMILES string of the molecule is C/C=C(C)\C(=C/CCC)C(=O)N(C)CC. The van der Waals surface area contributed by atoms with Crippen LogP contribution in [0.2, 0.25) is 0 Å². The number of unbranched alkanes of at least 4 members (excludes halogenated alkanes) is 1. The summed E-state index contributed by atoms with van der Waals surface area (Å²) in [6.45, 7) is 8.81. The fourth-order valence-electron chi connectivity index (χ4n) is 1.21. The molecule has 15 heavy (non-hydrogen) atoms. The molecule has 0 aromatic heterocycles. The summed E-state index contributed by atoms with van der Waals surface area (Å²) in [7, 11) is 1.84. The highest BCUT2D eigenvalue weighted by atomic mass is 16.2. The van der Waals surface area contributed by atoms with E-state index in [2.05, 4.69) is 6.92 Å². The molecule has 0 spiro atoms. The average molecular weight is 209 g/mol. The lowest BCUT2D eigenvalue weighted by Gasteiger charge is -2.17. The highest BCUT2D eigenvalue weighted by molar-refractivity contribution is 5.97. The van der Waals surface area contributed by atoms with E-state index in [4.69, 9.17) is 0 Å². The minimum Gasteiger partial charge on any atom is -0.342 e. The summed E-state index contributed by atoms with van der Waals surface area (Å²) < 4.78 is 0. The minimum atomic E-state index is 0.126. The molecule has 0 aliphatic carbocycles. The number of carbonyl (C=O) groups is 1. The van der Waals surface area contributed by atoms with Gasteiger partial charge in [0.15, 0.2) is 0 Å². The molecule has 0 aliphatic rings. The van der Waals surface area contributed by atoms with Crippen molar-refractivity contribution in [2.45, 2.75) is 40.5 Å². The van der Waals surface area contributed by atoms with Crippen LogP contribution in [-0.2, 0) is 4.79 Å². The number of allylic oxidation sites excluding steroid dienone is 2. The Morgan fingerprint density at radius 2 is 1.93 bits per heavy atom. The zero-order valence-electron chi connectivity index (χ0n) is 10.6. The molecule has 0 fully saturated rings. The van der Waals surface area contributed by atoms with Gasteiger partial charge in [-0.2, -0.15) is 0 Å². The number of rotatable bonds is 5. The maximum absolute atomic E-state index is 12.0. The third-order valence-corrected chi connectivity index (χ3v) is 2.55. The molecule has 2 heteroatoms. The maximum Gasteiger partial charge on any atom is 0.253 e. The monoisotopic (exact) mass is 209 g/mol. The highest BCUT2D eigenvalue weighted by Crippen LogP contribution is 2.13. The van der Waals surface area contributed by atoms with Crippen LogP contribution < -0.4 is 0 Å². The number of hydrogen-bond donors (Lipinski definition) is 0. The molecule has 0 heterocycles. The molecule has 0 N–H and O–H groups in total. The summed E-state index contributed by atoms with van der Waals surface area (Å²) in [5.41, 5.74) is 1.91. The molecule has 0 rings (SSSR count). The Morgan fingerprint density at radius 3 is 2.33 bits per heavy atom. The van der Waals surface area contributed by atoms with Crippen molar-refractivity contribution in [1.82, 2.24) is 4.90 Å². The average Bonchev–Trinajstić information content (AvgIpc) is 2.27. The van der Waals surface area contributed by atoms with Gasteiger partial charge in [0.25, 0.3) is 5.91 Å². The third kappa shape index (κ3) is 4.32. The second kappa shape index (κ2) is 7.27. The zero-order chi connectivity index (χ0) is 11.8. The Kier molecular flexibility index (Phi) is 6.76. The van der Waals surface area contributed by atoms with Crippen molar-refractivity contribution in [1.29, 1.82) is 0 Å². The summed E-state index contributed by atoms with van der Waals surface area (Å²) in [6.07, 6.45) is 6.07. The van der Waals surface area contributed by atoms with E-state index in [-0.39, 0.29) is 5.91 Å². The summed E-state index contributed by atoms with van der Waals surface area (Å²) in [4.78, 5) is 13.7. The smallest absolute Gasteiger partial charge is 0.253 e. The van der Waals surface area contributed by atoms with Crippen molar-refractivity contribution in [3.05, 3.63) is 23.3 Å². The van der Waals surface area contributed by atoms with Gasteiger partial charge in [0.2, 0.25) is 0 Å². The van der Waals surface area contributed by atoms with Gasteiger partial charge < -0.3 is 4.90 Å². The normalized spacial score (nSPS) is 12.9. The lowest BCUT2D eigenvalue weighted by atomic mass is 10.0. The van der Waals surface area contributed by atoms with Gasteiger partial charge in [0.1, 0.15) is 0 Å². The minimum absolute atomic E-state index is 0.126. The first-order valence-electron chi connectivity index (χ1n) is 5.67. The molecule has 0 radical (unpaired) electrons. The molecule has 0 bridgehead atoms. The standard InChI is InChI=1S/C13H23NO/c1-6-9-10-12(11(4)7-2)13(15)14(5)8-3/h7,10H,6,8-9H2,1-5H3/b11-7-,12-10+. The van der Waals surface area contributed by atoms with Gasteiger partial charge in [-0.1, -0.05) is 25.5 Å². The number of likely N-dealkylation sites (N-methyl/N-ethyl adjacent to an activating group) is 1. The highest BCUT2D eigenvalue weighted by Gasteiger charge is 2.13. The van der Waals surface area contributed by atoms with Crippen LogP contribution in [0.3, 0.4) is 0 Å². The first-order valence-corrected chi connectivity index (χ1v) is 5.67. The molecular formula is C13H23NO. The summed E-state index contributed by atoms with van der Waals surface area (Å²) in [5, 5.41) is 0. The first-order chi connectivity index (χ1) is 7.08. The predicted molar refractivity (Wildman–Crippen MR) is 65.7 cm³/mol. The Balaban J connectivity index is 4.87. The van der Waals surface area contributed by atoms with Crippen molar-refractivity contribution in [2.24, 2.45) is 0 Å². The van der Waals surface area contributed by atoms with Crippen molar-refractivity contribution < 1.29 is 4.79 Å². The van der Waals surface area contributed by atoms with E-state index in [1.807, 2.05) is 40.0 Å². The topological polar surface area (TPSA) is 20.3 Å². The second-order valence-corrected chi connectivity index (χ2v) is 3.70. The Bertz CT molecular complexity index is 264. The van der Waals surface area contributed by atoms with E-state index in [0.717, 1.165) is 30.5 Å². The lowest BCUT2D eigenvalue weighted by molar-refractivity contribution is -0.125. The van der Waals surface area contributed by atoms with Crippen molar-refractivity contribution in [3.63, 3.8) is 0 Å². The number of nitrogens with zero attached hydrogens (tertiary/aromatic N) is 1. The predicted octanol–water partition coefficient (Wildman–Crippen LogP) is 3.16. The molecule has 0 aromatic carbocycles. The fourth-order valence-corrected chi connectivity index (χ4v) is 1.21. The molecule has 86 valence electrons. The summed E-state index contributed by atoms with van der Waals surface area (Å²) in [5.74, 6) is 0.126. The summed E-state index contributed by atoms with van der Waals surface area (Å²) >= 11 is 0. The van der Waals surface area contributed by atoms with E-state index in [0.29, 0.717) is 0 Å². The Labute approximate surface area is 93.7 Å². The van der Waals surface area contributed by atoms with Gasteiger partial charge in [-0.3, -0.25) is 4.79 Å². The van der Waals surface area contributed by atoms with Crippen molar-refractivity contribution in [3.8, 4) is 0 Å². The van der Waals surface area contributed by atoms with Crippen LogP contribution in [0.15, 0.2) is 23.3 Å². The van der Waals surface area contributed by atoms with E-state index >= 15 is 0 Å². The van der Waals surface area contributed by atoms with E-state index in [1.54, 1.807) is 4.90 Å². The molecule has 2 nitrogen and oxygen atoms in total. The summed E-state index contributed by atoms with van der Waals surface area (Å²) in [6, 6.07) is 0. The number of hydrogen-bond acceptors (Lipinski definition) is 1. The van der Waals surface area contributed by atoms with Gasteiger partial charge in [0, 0.05) is 19.2 Å². The van der Waals surface area contributed by atoms with Gasteiger partial charge in [-0.15, -0.1) is 0 Å². The second-order valence-electron chi connectivity index (χ2n) is 3.70. The molecule has 0 saturated carbocycles. The van der Waals surface area contributed by atoms with Gasteiger partial charge in [0.05, 0.1) is 0 Å². The van der Waals surface area contributed by atoms with Gasteiger partial charge >= 0.3 is 0 Å². The van der Waals surface area contributed by atoms with Crippen molar-refractivity contribution in [2.75, 3.05) is 13.6 Å². The van der Waals surface area contributed by atoms with Crippen LogP contribution in [0.25, 0.3) is 0 Å². The quantitative estimate of drug-likeness (QED) is 0.503. The molecule has 0 aliphatic heterocycles. The van der Waals surface area contributed by atoms with Crippen LogP contribution in [-0.4, -0.2) is 24.4 Å². The molecule has 0 aromatic rings. The van der Waals surface area contributed by atoms with Crippen LogP contribution in [0.5, 0.6) is 0 Å². The van der Waals surface area contributed by atoms with Gasteiger partial charge in [-0.25, -0.2) is 0 Å². The van der Waals surface area contributed by atoms with Crippen LogP contribution in [0.1, 0.15) is 40.5 Å². The Hall–Kier alpha value is -1.05. The van der Waals surface area contributed by atoms with Gasteiger partial charge in [-0.05, 0) is 32.8 Å². The number of amides is 1. The van der Waals surface area contributed by atoms with E-state index in [1.165, 1.54) is 0 Å². The third-order valence-electron chi connectivity index (χ3n) is 2.55. The fraction of sp³-hybridized carbons (Fsp3) is 0.615. The van der Waals surface area contributed by atoms with Crippen LogP contribution in [0, 0.1) is 0 Å². The largest absolute Gasteiger partial charge is 0.342 e. The molecule has 0 saturated heterocycles. The lowest BCUT2D eigenvalue weighted by Crippen LogP contribution is -2.28. The first kappa shape index (κ1) is 13.9. The molecule has 1 amide bonds. The van der Waals surface area contributed by atoms with E-state index in [9.17, 15) is 4.79 Å². The molecule has 0 atom stereocenters. The van der Waals surface area contributed by atoms with Crippen LogP contribution >= 0.6 is 0 Å². The van der Waals surface area contributed by atoms with E-state index < -0.39 is 0 Å². The molecular weight excluding hydrogens is 186 g/mol. The Morgan fingerprint density at radius 1 is 1.33 bits per heavy atom. The number of carbonyl (C=O) groups excluding carboxylic acids is 1. The van der Waals surface area contributed by atoms with Crippen LogP contribution in [0.4, 0.5) is 0 Å². The zero-order valence-corrected chi connectivity index (χ0v) is 10.6.